The molecular formula is C30H32N4O3S. The number of para-hydroxylation sites is 2. The quantitative estimate of drug-likeness (QED) is 0.469. The van der Waals surface area contributed by atoms with Gasteiger partial charge in [-0.25, -0.2) is 0 Å². The maximum Gasteiger partial charge on any atom is 0.269 e. The summed E-state index contributed by atoms with van der Waals surface area (Å²) >= 11 is 1.44. The Bertz CT molecular complexity index is 1330. The molecule has 3 aromatic rings. The predicted octanol–water partition coefficient (Wildman–Crippen LogP) is 4.53. The molecule has 0 bridgehead atoms. The van der Waals surface area contributed by atoms with Crippen LogP contribution in [0.15, 0.2) is 78.9 Å². The van der Waals surface area contributed by atoms with Gasteiger partial charge in [0.1, 0.15) is 5.75 Å². The molecule has 1 spiro atoms. The van der Waals surface area contributed by atoms with Crippen LogP contribution < -0.4 is 19.4 Å². The fraction of sp³-hybridized carbons (Fsp3) is 0.333. The highest BCUT2D eigenvalue weighted by atomic mass is 32.2. The van der Waals surface area contributed by atoms with Gasteiger partial charge in [-0.15, -0.1) is 11.8 Å². The fourth-order valence-corrected chi connectivity index (χ4v) is 7.25. The molecule has 0 aromatic heterocycles. The minimum absolute atomic E-state index is 0.0548. The van der Waals surface area contributed by atoms with E-state index >= 15 is 0 Å². The van der Waals surface area contributed by atoms with E-state index in [9.17, 15) is 9.59 Å². The topological polar surface area (TPSA) is 56.3 Å². The minimum atomic E-state index is -1.12. The van der Waals surface area contributed by atoms with Crippen molar-refractivity contribution in [2.24, 2.45) is 0 Å². The largest absolute Gasteiger partial charge is 0.494 e. The number of hydrogen-bond donors (Lipinski definition) is 0. The zero-order valence-corrected chi connectivity index (χ0v) is 22.6. The molecule has 3 heterocycles. The summed E-state index contributed by atoms with van der Waals surface area (Å²) in [5.41, 5.74) is 3.70. The molecule has 0 unspecified atom stereocenters. The number of carbonyl (C=O) groups excluding carboxylic acids is 2. The van der Waals surface area contributed by atoms with Gasteiger partial charge in [-0.1, -0.05) is 36.4 Å². The van der Waals surface area contributed by atoms with Gasteiger partial charge in [-0.2, -0.15) is 0 Å². The smallest absolute Gasteiger partial charge is 0.269 e. The summed E-state index contributed by atoms with van der Waals surface area (Å²) in [6.07, 6.45) is 0. The van der Waals surface area contributed by atoms with Crippen molar-refractivity contribution in [2.75, 3.05) is 54.2 Å². The molecule has 2 saturated heterocycles. The number of thioether (sulfide) groups is 1. The lowest BCUT2D eigenvalue weighted by Crippen LogP contribution is -2.54. The molecular weight excluding hydrogens is 496 g/mol. The Balaban J connectivity index is 1.29. The van der Waals surface area contributed by atoms with Crippen molar-refractivity contribution >= 4 is 40.6 Å². The number of rotatable bonds is 6. The van der Waals surface area contributed by atoms with Crippen LogP contribution in [0.5, 0.6) is 5.75 Å². The first-order valence-corrected chi connectivity index (χ1v) is 14.1. The molecule has 6 rings (SSSR count). The molecule has 8 heteroatoms. The Morgan fingerprint density at radius 2 is 1.55 bits per heavy atom. The lowest BCUT2D eigenvalue weighted by Gasteiger charge is -2.38. The van der Waals surface area contributed by atoms with E-state index in [0.29, 0.717) is 19.0 Å². The first kappa shape index (κ1) is 24.8. The van der Waals surface area contributed by atoms with E-state index in [1.807, 2.05) is 73.3 Å². The fourth-order valence-electron chi connectivity index (χ4n) is 5.72. The van der Waals surface area contributed by atoms with Gasteiger partial charge in [0.15, 0.2) is 0 Å². The second kappa shape index (κ2) is 10.0. The number of hydrogen-bond acceptors (Lipinski definition) is 6. The molecule has 0 saturated carbocycles. The van der Waals surface area contributed by atoms with Crippen LogP contribution >= 0.6 is 11.8 Å². The number of nitrogens with zero attached hydrogens (tertiary/aromatic N) is 4. The monoisotopic (exact) mass is 528 g/mol. The van der Waals surface area contributed by atoms with Crippen molar-refractivity contribution in [2.45, 2.75) is 24.0 Å². The highest BCUT2D eigenvalue weighted by Crippen LogP contribution is 2.57. The van der Waals surface area contributed by atoms with E-state index in [-0.39, 0.29) is 17.1 Å². The second-order valence-electron chi connectivity index (χ2n) is 9.84. The third-order valence-electron chi connectivity index (χ3n) is 7.57. The first-order chi connectivity index (χ1) is 18.5. The van der Waals surface area contributed by atoms with Crippen LogP contribution in [-0.2, 0) is 14.5 Å². The van der Waals surface area contributed by atoms with Crippen molar-refractivity contribution in [3.05, 3.63) is 84.4 Å². The molecule has 7 nitrogen and oxygen atoms in total. The van der Waals surface area contributed by atoms with Crippen LogP contribution in [0.25, 0.3) is 0 Å². The maximum absolute atomic E-state index is 14.4. The highest BCUT2D eigenvalue weighted by Gasteiger charge is 2.63. The zero-order valence-electron chi connectivity index (χ0n) is 21.7. The van der Waals surface area contributed by atoms with Gasteiger partial charge in [0.05, 0.1) is 24.2 Å². The summed E-state index contributed by atoms with van der Waals surface area (Å²) in [4.78, 5) is 35.2. The molecule has 0 N–H and O–H groups in total. The molecule has 0 aliphatic carbocycles. The van der Waals surface area contributed by atoms with Gasteiger partial charge in [0, 0.05) is 43.1 Å². The van der Waals surface area contributed by atoms with Crippen molar-refractivity contribution in [3.63, 3.8) is 0 Å². The Kier molecular flexibility index (Phi) is 6.53. The van der Waals surface area contributed by atoms with Gasteiger partial charge in [0.2, 0.25) is 10.8 Å². The number of carbonyl (C=O) groups is 2. The van der Waals surface area contributed by atoms with E-state index in [4.69, 9.17) is 4.74 Å². The van der Waals surface area contributed by atoms with Gasteiger partial charge in [-0.3, -0.25) is 24.3 Å². The Morgan fingerprint density at radius 1 is 0.868 bits per heavy atom. The molecule has 2 atom stereocenters. The summed E-state index contributed by atoms with van der Waals surface area (Å²) < 4.78 is 5.61. The molecule has 3 aliphatic heterocycles. The minimum Gasteiger partial charge on any atom is -0.494 e. The zero-order chi connectivity index (χ0) is 26.3. The summed E-state index contributed by atoms with van der Waals surface area (Å²) in [5, 5.41) is -0.340. The number of fused-ring (bicyclic) bond motifs is 2. The van der Waals surface area contributed by atoms with Crippen molar-refractivity contribution < 1.29 is 14.3 Å². The number of piperazine rings is 1. The Hall–Kier alpha value is -3.49. The molecule has 38 heavy (non-hydrogen) atoms. The molecule has 196 valence electrons. The van der Waals surface area contributed by atoms with Crippen LogP contribution in [0.4, 0.5) is 17.1 Å². The van der Waals surface area contributed by atoms with Crippen molar-refractivity contribution in [1.82, 2.24) is 4.90 Å². The molecule has 2 amide bonds. The van der Waals surface area contributed by atoms with E-state index in [1.165, 1.54) is 17.4 Å². The van der Waals surface area contributed by atoms with Crippen molar-refractivity contribution in [1.29, 1.82) is 0 Å². The van der Waals surface area contributed by atoms with Crippen LogP contribution in [0.1, 0.15) is 19.4 Å². The molecule has 0 radical (unpaired) electrons. The molecule has 3 aliphatic rings. The lowest BCUT2D eigenvalue weighted by atomic mass is 10.0. The van der Waals surface area contributed by atoms with Crippen LogP contribution in [0.3, 0.4) is 0 Å². The predicted molar refractivity (Wildman–Crippen MR) is 153 cm³/mol. The normalized spacial score (nSPS) is 23.4. The summed E-state index contributed by atoms with van der Waals surface area (Å²) in [6.45, 7) is 8.43. The van der Waals surface area contributed by atoms with Gasteiger partial charge < -0.3 is 9.64 Å². The van der Waals surface area contributed by atoms with E-state index in [2.05, 4.69) is 34.1 Å². The third-order valence-corrected chi connectivity index (χ3v) is 9.04. The number of ether oxygens (including phenoxy) is 1. The molecule has 2 fully saturated rings. The van der Waals surface area contributed by atoms with Crippen molar-refractivity contribution in [3.8, 4) is 5.75 Å². The average molecular weight is 529 g/mol. The van der Waals surface area contributed by atoms with Crippen LogP contribution in [0.2, 0.25) is 0 Å². The van der Waals surface area contributed by atoms with Gasteiger partial charge in [0.25, 0.3) is 5.91 Å². The SMILES string of the molecule is CCOc1ccc(N2C(=O)[C@H](C)S[C@@]23C(=O)N(CN2CCN(c4ccccc4)CC2)c2ccccc23)cc1. The second-order valence-corrected chi connectivity index (χ2v) is 11.4. The Morgan fingerprint density at radius 3 is 2.26 bits per heavy atom. The molecule has 3 aromatic carbocycles. The Labute approximate surface area is 228 Å². The number of anilines is 3. The summed E-state index contributed by atoms with van der Waals surface area (Å²) in [6, 6.07) is 25.9. The first-order valence-electron chi connectivity index (χ1n) is 13.2. The van der Waals surface area contributed by atoms with E-state index < -0.39 is 4.87 Å². The maximum atomic E-state index is 14.4. The summed E-state index contributed by atoms with van der Waals surface area (Å²) in [7, 11) is 0. The van der Waals surface area contributed by atoms with Crippen LogP contribution in [-0.4, -0.2) is 61.4 Å². The standard InChI is InChI=1S/C30H32N4O3S/c1-3-37-25-15-13-24(14-16-25)34-28(35)22(2)38-30(34)26-11-7-8-12-27(26)33(29(30)36)21-31-17-19-32(20-18-31)23-9-5-4-6-10-23/h4-16,22H,3,17-21H2,1-2H3/t22-,30-/m0/s1. The lowest BCUT2D eigenvalue weighted by molar-refractivity contribution is -0.124. The van der Waals surface area contributed by atoms with Crippen LogP contribution in [0, 0.1) is 0 Å². The van der Waals surface area contributed by atoms with Gasteiger partial charge in [-0.05, 0) is 56.3 Å². The summed E-state index contributed by atoms with van der Waals surface area (Å²) in [5.74, 6) is 0.633. The van der Waals surface area contributed by atoms with Gasteiger partial charge >= 0.3 is 0 Å². The highest BCUT2D eigenvalue weighted by molar-refractivity contribution is 8.03. The van der Waals surface area contributed by atoms with E-state index in [0.717, 1.165) is 43.2 Å². The van der Waals surface area contributed by atoms with E-state index in [1.54, 1.807) is 4.90 Å². The number of benzene rings is 3. The average Bonchev–Trinajstić information content (AvgIpc) is 3.35. The third kappa shape index (κ3) is 4.03. The number of amides is 2.